The van der Waals surface area contributed by atoms with E-state index in [-0.39, 0.29) is 105 Å². The Labute approximate surface area is 837 Å². The predicted octanol–water partition coefficient (Wildman–Crippen LogP) is 11.4. The van der Waals surface area contributed by atoms with Gasteiger partial charge in [-0.2, -0.15) is 0 Å². The molecule has 141 heavy (non-hydrogen) atoms. The molecule has 15 aliphatic rings. The van der Waals surface area contributed by atoms with Crippen LogP contribution in [-0.4, -0.2) is 325 Å². The van der Waals surface area contributed by atoms with Gasteiger partial charge in [0.1, 0.15) is 103 Å². The number of carbonyl (C=O) groups is 2. The first-order valence-electron chi connectivity index (χ1n) is 50.1. The van der Waals surface area contributed by atoms with Crippen LogP contribution in [0.15, 0.2) is 130 Å². The lowest BCUT2D eigenvalue weighted by Gasteiger charge is -2.48. The summed E-state index contributed by atoms with van der Waals surface area (Å²) in [7, 11) is 8.11. The van der Waals surface area contributed by atoms with Gasteiger partial charge in [-0.15, -0.1) is 11.3 Å². The summed E-state index contributed by atoms with van der Waals surface area (Å²) < 4.78 is 133. The molecule has 38 heteroatoms. The number of allylic oxidation sites excluding steroid dienone is 4. The molecule has 2 aliphatic carbocycles. The molecule has 1 aromatic heterocycles. The van der Waals surface area contributed by atoms with Gasteiger partial charge < -0.3 is 140 Å². The number of rotatable bonds is 18. The Balaban J connectivity index is 0.000000190. The Morgan fingerprint density at radius 1 is 0.567 bits per heavy atom. The number of aliphatic hydroxyl groups is 6. The third-order valence-electron chi connectivity index (χ3n) is 30.7. The van der Waals surface area contributed by atoms with E-state index in [1.165, 1.54) is 11.3 Å². The van der Waals surface area contributed by atoms with Gasteiger partial charge >= 0.3 is 11.9 Å². The number of aromatic nitrogens is 1. The fourth-order valence-electron chi connectivity index (χ4n) is 22.5. The molecule has 0 amide bonds. The number of esters is 2. The number of fused-ring (bicyclic) bond motifs is 4. The molecule has 0 aromatic carbocycles. The average Bonchev–Trinajstić information content (AvgIpc) is 1.61. The van der Waals surface area contributed by atoms with E-state index in [9.17, 15) is 50.3 Å². The van der Waals surface area contributed by atoms with Crippen LogP contribution in [0, 0.1) is 57.5 Å². The highest BCUT2D eigenvalue weighted by Crippen LogP contribution is 2.51. The molecule has 13 aliphatic heterocycles. The van der Waals surface area contributed by atoms with Gasteiger partial charge in [0, 0.05) is 122 Å². The maximum atomic E-state index is 14.3. The predicted molar refractivity (Wildman–Crippen MR) is 516 cm³/mol. The van der Waals surface area contributed by atoms with E-state index < -0.39 is 187 Å². The molecule has 9 saturated heterocycles. The fraction of sp³-hybridized carbons (Fsp3) is 0.748. The Morgan fingerprint density at radius 2 is 0.993 bits per heavy atom. The van der Waals surface area contributed by atoms with Crippen molar-refractivity contribution in [2.24, 2.45) is 52.4 Å². The standard InChI is InChI=1S/C48H72O14.C47H70O14.C8H10ClN5O3S/c1-11-25(2)43-28(5)17-18-47(62-43)23-34-20-33(61-47)16-15-27(4)42(26(3)13-12-14-32-24-55-45-40(49)29(6)19-35(46(51)58-34)48(32,45)52)59-39-22-37(54-10)44(31(8)57-39)60-38-21-36(53-9)41(50)30(7)56-38;1-24(2)41-27(5)16-17-46(61-41)22-33-19-32(60-46)15-14-26(4)42(25(3)12-11-13-31-23-54-44-39(48)28(6)18-34(45(50)57-33)47(31,44)51)58-38-21-36(53-10)43(30(8)56-38)59-37-20-35(52-9)40(49)29(7)55-37;1-12-4-17-5-13(8(12)11-14(15)16)3-6-2-10-7(9)18-6/h12-15,17-19,25-26,28,30-31,33-45,49-50,52H,11,16,20-24H2,1-10H3;11-14,16-18,24-25,27,29-30,32-44,48-49,51H,15,19-23H2,1-10H3;2H,3-5H2,1H3/b13-12+,27-15+,32-14+;12-11+,26-14+,31-13+;11-8+/t25-,26-,28-,30-,31-,33+,34-,35-,36-,37-,38-,39-,40+,41-,42-,43+,44-,45+,47+,48+;25-,27-,29-,30-,32+,33-,34-,35-,36-,37-,38-,39+,40-,41+,42-,43-,44+,46+,47+;/m00./s1. The van der Waals surface area contributed by atoms with Crippen molar-refractivity contribution < 1.29 is 145 Å². The molecule has 0 unspecified atom stereocenters. The maximum absolute atomic E-state index is 14.3. The second kappa shape index (κ2) is 47.6. The first-order chi connectivity index (χ1) is 67.0. The molecule has 2 spiro atoms. The fourth-order valence-corrected chi connectivity index (χ4v) is 23.5. The Hall–Kier alpha value is -6.07. The molecular weight excluding hydrogens is 1870 g/mol. The zero-order valence-corrected chi connectivity index (χ0v) is 86.7. The summed E-state index contributed by atoms with van der Waals surface area (Å²) in [6, 6.07) is 0. The first kappa shape index (κ1) is 111. The van der Waals surface area contributed by atoms with Crippen molar-refractivity contribution in [3.05, 3.63) is 144 Å². The van der Waals surface area contributed by atoms with Crippen LogP contribution in [-0.2, 0) is 116 Å². The number of hydrogen-bond donors (Lipinski definition) is 6. The summed E-state index contributed by atoms with van der Waals surface area (Å²) in [6.07, 6.45) is 17.7. The summed E-state index contributed by atoms with van der Waals surface area (Å²) >= 11 is 7.05. The minimum absolute atomic E-state index is 0.0313. The highest BCUT2D eigenvalue weighted by Gasteiger charge is 2.63. The average molecular weight is 2020 g/mol. The van der Waals surface area contributed by atoms with E-state index in [2.05, 4.69) is 89.8 Å². The lowest BCUT2D eigenvalue weighted by Crippen LogP contribution is -2.58. The summed E-state index contributed by atoms with van der Waals surface area (Å²) in [6.45, 7) is 33.0. The number of ether oxygens (including phenoxy) is 21. The minimum Gasteiger partial charge on any atom is -0.462 e. The monoisotopic (exact) mass is 2020 g/mol. The van der Waals surface area contributed by atoms with Gasteiger partial charge in [-0.25, -0.2) is 15.1 Å². The van der Waals surface area contributed by atoms with Crippen molar-refractivity contribution in [3.8, 4) is 0 Å². The van der Waals surface area contributed by atoms with Crippen LogP contribution >= 0.6 is 22.9 Å². The SMILES string of the molecule is CC[C@H](C)[C@H]1O[C@]2(C=C[C@@H]1C)C[C@@H]1C[C@@H](C/C=C(\C)[C@@H](O[C@H]3C[C@H](OC)[C@@H](O[C@H]4C[C@H](OC)[C@@H](O)[C@H](C)O4)[C@H](C)O3)[C@@H](C)/C=C/C=C3\CO[C@@H]4[C@H](O)C(C)=C[C@@H](C(=O)O1)[C@]34O)O2.CN1COCN(Cc2cnc(Cl)s2)/C1=N/[N+](=O)[O-].CO[C@H]1C[C@H](O[C@H]2[C@H](C)O[C@@H](O[C@@H]3/C(C)=C/C[C@@H]4C[C@@H](C[C@]5(C=C[C@H](C)[C@@H](C(C)C)O5)O4)OC(=O)[C@@H]4C=C(C)[C@@H](O)[C@H]5OC/C(=C\C=C\[C@@H]3C)[C@]54O)C[C@@H]2OC)O[C@@H](C)[C@@H]1O. The quantitative estimate of drug-likeness (QED) is 0.0344. The van der Waals surface area contributed by atoms with Crippen molar-refractivity contribution in [2.45, 2.75) is 382 Å². The van der Waals surface area contributed by atoms with E-state index in [1.54, 1.807) is 103 Å². The van der Waals surface area contributed by atoms with E-state index >= 15 is 0 Å². The molecule has 9 fully saturated rings. The summed E-state index contributed by atoms with van der Waals surface area (Å²) in [5.74, 6) is -4.92. The van der Waals surface area contributed by atoms with Crippen molar-refractivity contribution in [1.82, 2.24) is 14.8 Å². The second-order valence-corrected chi connectivity index (χ2v) is 43.0. The van der Waals surface area contributed by atoms with Crippen LogP contribution in [0.2, 0.25) is 4.47 Å². The van der Waals surface area contributed by atoms with Gasteiger partial charge in [-0.1, -0.05) is 146 Å². The second-order valence-electron chi connectivity index (χ2n) is 41.3. The zero-order valence-electron chi connectivity index (χ0n) is 85.2. The molecule has 788 valence electrons. The van der Waals surface area contributed by atoms with Crippen LogP contribution in [0.1, 0.15) is 186 Å². The summed E-state index contributed by atoms with van der Waals surface area (Å²) in [4.78, 5) is 47.2. The smallest absolute Gasteiger partial charge is 0.316 e. The normalized spacial score (nSPS) is 45.3. The number of halogens is 1. The van der Waals surface area contributed by atoms with Gasteiger partial charge in [0.25, 0.3) is 5.96 Å². The third-order valence-corrected chi connectivity index (χ3v) is 31.8. The Kier molecular flexibility index (Phi) is 37.4. The minimum atomic E-state index is -1.84. The van der Waals surface area contributed by atoms with Crippen molar-refractivity contribution >= 4 is 40.8 Å². The van der Waals surface area contributed by atoms with E-state index in [4.69, 9.17) is 111 Å². The van der Waals surface area contributed by atoms with Crippen molar-refractivity contribution in [2.75, 3.05) is 62.2 Å². The Bertz CT molecular complexity index is 4780. The highest BCUT2D eigenvalue weighted by molar-refractivity contribution is 7.15. The Morgan fingerprint density at radius 3 is 1.41 bits per heavy atom. The van der Waals surface area contributed by atoms with Crippen LogP contribution in [0.5, 0.6) is 0 Å². The highest BCUT2D eigenvalue weighted by atomic mass is 35.5. The molecule has 0 radical (unpaired) electrons. The number of nitro groups is 1. The summed E-state index contributed by atoms with van der Waals surface area (Å²) in [5, 5.41) is 81.6. The first-order valence-corrected chi connectivity index (χ1v) is 51.3. The van der Waals surface area contributed by atoms with Gasteiger partial charge in [-0.05, 0) is 126 Å². The van der Waals surface area contributed by atoms with E-state index in [0.29, 0.717) is 97.5 Å². The molecule has 4 bridgehead atoms. The number of methoxy groups -OCH3 is 4. The van der Waals surface area contributed by atoms with Gasteiger partial charge in [0.15, 0.2) is 46.2 Å². The molecule has 36 nitrogen and oxygen atoms in total. The lowest BCUT2D eigenvalue weighted by molar-refractivity contribution is -0.486. The topological polar surface area (TPSA) is 424 Å². The number of aliphatic hydroxyl groups excluding tert-OH is 4. The zero-order chi connectivity index (χ0) is 102. The van der Waals surface area contributed by atoms with Crippen molar-refractivity contribution in [3.63, 3.8) is 0 Å². The number of hydrogen-bond acceptors (Lipinski definition) is 33. The number of thiazole rings is 1. The number of guanidine groups is 1. The van der Waals surface area contributed by atoms with Crippen LogP contribution in [0.25, 0.3) is 0 Å². The van der Waals surface area contributed by atoms with Gasteiger partial charge in [-0.3, -0.25) is 9.59 Å². The van der Waals surface area contributed by atoms with E-state index in [1.807, 2.05) is 64.2 Å². The van der Waals surface area contributed by atoms with Crippen LogP contribution in [0.3, 0.4) is 0 Å². The van der Waals surface area contributed by atoms with Gasteiger partial charge in [0.2, 0.25) is 0 Å². The lowest BCUT2D eigenvalue weighted by atomic mass is 9.71. The maximum Gasteiger partial charge on any atom is 0.316 e. The molecule has 39 atom stereocenters. The third kappa shape index (κ3) is 25.1. The molecule has 6 N–H and O–H groups in total. The number of nitrogens with zero attached hydrogens (tertiary/aromatic N) is 5. The number of hydrazone groups is 1. The molecule has 0 saturated carbocycles. The summed E-state index contributed by atoms with van der Waals surface area (Å²) in [5.41, 5.74) is 0.263. The van der Waals surface area contributed by atoms with E-state index in [0.717, 1.165) is 22.4 Å². The van der Waals surface area contributed by atoms with Crippen LogP contribution in [0.4, 0.5) is 0 Å². The van der Waals surface area contributed by atoms with Gasteiger partial charge in [0.05, 0.1) is 105 Å². The number of carbonyl (C=O) groups excluding carboxylic acids is 2. The van der Waals surface area contributed by atoms with Crippen molar-refractivity contribution in [1.29, 1.82) is 0 Å². The molecule has 1 aromatic rings. The largest absolute Gasteiger partial charge is 0.462 e. The molecule has 16 rings (SSSR count). The van der Waals surface area contributed by atoms with Crippen LogP contribution < -0.4 is 0 Å². The molecular formula is C103H152ClN5O31S. The molecule has 14 heterocycles.